The maximum absolute atomic E-state index is 9.30. The summed E-state index contributed by atoms with van der Waals surface area (Å²) in [6.07, 6.45) is 1.02. The van der Waals surface area contributed by atoms with E-state index in [2.05, 4.69) is 51.2 Å². The van der Waals surface area contributed by atoms with Crippen LogP contribution >= 0.6 is 0 Å². The van der Waals surface area contributed by atoms with Crippen LogP contribution in [0.1, 0.15) is 37.0 Å². The van der Waals surface area contributed by atoms with Crippen molar-refractivity contribution < 1.29 is 5.11 Å². The molecule has 0 aliphatic carbocycles. The van der Waals surface area contributed by atoms with Crippen LogP contribution in [-0.4, -0.2) is 17.8 Å². The Morgan fingerprint density at radius 2 is 1.94 bits per heavy atom. The zero-order chi connectivity index (χ0) is 12.8. The van der Waals surface area contributed by atoms with E-state index in [1.54, 1.807) is 0 Å². The maximum atomic E-state index is 9.30. The molecule has 0 heterocycles. The van der Waals surface area contributed by atoms with Gasteiger partial charge in [0.1, 0.15) is 0 Å². The summed E-state index contributed by atoms with van der Waals surface area (Å²) in [4.78, 5) is 0. The van der Waals surface area contributed by atoms with Crippen LogP contribution in [0.15, 0.2) is 18.2 Å². The van der Waals surface area contributed by atoms with Crippen molar-refractivity contribution in [3.8, 4) is 0 Å². The minimum Gasteiger partial charge on any atom is -0.395 e. The van der Waals surface area contributed by atoms with Gasteiger partial charge < -0.3 is 10.4 Å². The van der Waals surface area contributed by atoms with Crippen molar-refractivity contribution in [1.29, 1.82) is 0 Å². The van der Waals surface area contributed by atoms with Gasteiger partial charge in [-0.2, -0.15) is 0 Å². The van der Waals surface area contributed by atoms with E-state index in [9.17, 15) is 5.11 Å². The summed E-state index contributed by atoms with van der Waals surface area (Å²) in [6, 6.07) is 6.71. The summed E-state index contributed by atoms with van der Waals surface area (Å²) in [6.45, 7) is 9.66. The van der Waals surface area contributed by atoms with Crippen LogP contribution in [0.25, 0.3) is 0 Å². The zero-order valence-electron chi connectivity index (χ0n) is 11.5. The number of rotatable bonds is 6. The molecule has 0 saturated carbocycles. The van der Waals surface area contributed by atoms with Crippen LogP contribution in [0.2, 0.25) is 0 Å². The smallest absolute Gasteiger partial charge is 0.0584 e. The highest BCUT2D eigenvalue weighted by molar-refractivity contribution is 5.30. The molecule has 0 amide bonds. The first-order valence-corrected chi connectivity index (χ1v) is 6.43. The number of hydrogen-bond donors (Lipinski definition) is 2. The van der Waals surface area contributed by atoms with E-state index in [0.29, 0.717) is 5.92 Å². The van der Waals surface area contributed by atoms with E-state index in [4.69, 9.17) is 0 Å². The molecule has 1 rings (SSSR count). The standard InChI is InChI=1S/C15H25NO/c1-11(2)7-15(10-17)16-9-14-6-5-12(3)8-13(14)4/h5-6,8,11,15-17H,7,9-10H2,1-4H3. The summed E-state index contributed by atoms with van der Waals surface area (Å²) in [7, 11) is 0. The summed E-state index contributed by atoms with van der Waals surface area (Å²) in [5.74, 6) is 0.610. The molecule has 1 aromatic carbocycles. The Bertz CT molecular complexity index is 347. The molecule has 17 heavy (non-hydrogen) atoms. The SMILES string of the molecule is Cc1ccc(CNC(CO)CC(C)C)c(C)c1. The molecule has 1 atom stereocenters. The van der Waals surface area contributed by atoms with Gasteiger partial charge in [-0.1, -0.05) is 37.6 Å². The molecule has 0 aliphatic heterocycles. The third kappa shape index (κ3) is 4.88. The predicted octanol–water partition coefficient (Wildman–Crippen LogP) is 2.80. The quantitative estimate of drug-likeness (QED) is 0.794. The van der Waals surface area contributed by atoms with Crippen LogP contribution in [0.3, 0.4) is 0 Å². The molecular formula is C15H25NO. The molecule has 96 valence electrons. The highest BCUT2D eigenvalue weighted by Crippen LogP contribution is 2.11. The first kappa shape index (κ1) is 14.2. The summed E-state index contributed by atoms with van der Waals surface area (Å²) in [5, 5.41) is 12.7. The molecule has 0 bridgehead atoms. The third-order valence-electron chi connectivity index (χ3n) is 3.06. The van der Waals surface area contributed by atoms with Crippen molar-refractivity contribution >= 4 is 0 Å². The molecule has 2 N–H and O–H groups in total. The van der Waals surface area contributed by atoms with Gasteiger partial charge >= 0.3 is 0 Å². The predicted molar refractivity (Wildman–Crippen MR) is 73.1 cm³/mol. The third-order valence-corrected chi connectivity index (χ3v) is 3.06. The second-order valence-electron chi connectivity index (χ2n) is 5.32. The Labute approximate surface area is 105 Å². The van der Waals surface area contributed by atoms with Crippen molar-refractivity contribution in [3.05, 3.63) is 34.9 Å². The lowest BCUT2D eigenvalue weighted by atomic mass is 10.0. The molecule has 0 aliphatic rings. The average Bonchev–Trinajstić information content (AvgIpc) is 2.25. The fourth-order valence-corrected chi connectivity index (χ4v) is 2.09. The molecule has 0 spiro atoms. The number of aryl methyl sites for hydroxylation is 2. The summed E-state index contributed by atoms with van der Waals surface area (Å²) < 4.78 is 0. The van der Waals surface area contributed by atoms with Crippen molar-refractivity contribution in [2.45, 2.75) is 46.7 Å². The first-order valence-electron chi connectivity index (χ1n) is 6.43. The lowest BCUT2D eigenvalue weighted by Gasteiger charge is -2.19. The Hall–Kier alpha value is -0.860. The van der Waals surface area contributed by atoms with Gasteiger partial charge in [0.2, 0.25) is 0 Å². The average molecular weight is 235 g/mol. The van der Waals surface area contributed by atoms with Crippen LogP contribution in [0.4, 0.5) is 0 Å². The van der Waals surface area contributed by atoms with Crippen LogP contribution in [-0.2, 0) is 6.54 Å². The largest absolute Gasteiger partial charge is 0.395 e. The van der Waals surface area contributed by atoms with E-state index in [1.165, 1.54) is 16.7 Å². The van der Waals surface area contributed by atoms with E-state index in [0.717, 1.165) is 13.0 Å². The monoisotopic (exact) mass is 235 g/mol. The number of aliphatic hydroxyl groups excluding tert-OH is 1. The lowest BCUT2D eigenvalue weighted by Crippen LogP contribution is -2.33. The Morgan fingerprint density at radius 3 is 2.47 bits per heavy atom. The molecule has 1 unspecified atom stereocenters. The van der Waals surface area contributed by atoms with Gasteiger partial charge in [-0.3, -0.25) is 0 Å². The molecule has 0 radical (unpaired) electrons. The minimum atomic E-state index is 0.204. The maximum Gasteiger partial charge on any atom is 0.0584 e. The fourth-order valence-electron chi connectivity index (χ4n) is 2.09. The number of nitrogens with one attached hydrogen (secondary N) is 1. The fraction of sp³-hybridized carbons (Fsp3) is 0.600. The van der Waals surface area contributed by atoms with Crippen molar-refractivity contribution in [3.63, 3.8) is 0 Å². The Morgan fingerprint density at radius 1 is 1.24 bits per heavy atom. The van der Waals surface area contributed by atoms with Gasteiger partial charge in [0.25, 0.3) is 0 Å². The lowest BCUT2D eigenvalue weighted by molar-refractivity contribution is 0.223. The molecular weight excluding hydrogens is 210 g/mol. The summed E-state index contributed by atoms with van der Waals surface area (Å²) in [5.41, 5.74) is 3.93. The van der Waals surface area contributed by atoms with E-state index >= 15 is 0 Å². The van der Waals surface area contributed by atoms with Crippen LogP contribution in [0, 0.1) is 19.8 Å². The highest BCUT2D eigenvalue weighted by Gasteiger charge is 2.09. The van der Waals surface area contributed by atoms with Crippen molar-refractivity contribution in [2.24, 2.45) is 5.92 Å². The second-order valence-corrected chi connectivity index (χ2v) is 5.32. The molecule has 2 heteroatoms. The topological polar surface area (TPSA) is 32.3 Å². The van der Waals surface area contributed by atoms with Crippen LogP contribution < -0.4 is 5.32 Å². The van der Waals surface area contributed by atoms with Gasteiger partial charge in [0.15, 0.2) is 0 Å². The Balaban J connectivity index is 2.53. The molecule has 0 aromatic heterocycles. The molecule has 2 nitrogen and oxygen atoms in total. The van der Waals surface area contributed by atoms with Gasteiger partial charge in [0, 0.05) is 12.6 Å². The van der Waals surface area contributed by atoms with Gasteiger partial charge in [-0.15, -0.1) is 0 Å². The van der Waals surface area contributed by atoms with Gasteiger partial charge in [-0.05, 0) is 37.3 Å². The summed E-state index contributed by atoms with van der Waals surface area (Å²) >= 11 is 0. The van der Waals surface area contributed by atoms with Gasteiger partial charge in [-0.25, -0.2) is 0 Å². The minimum absolute atomic E-state index is 0.204. The number of hydrogen-bond acceptors (Lipinski definition) is 2. The molecule has 1 aromatic rings. The van der Waals surface area contributed by atoms with E-state index < -0.39 is 0 Å². The van der Waals surface area contributed by atoms with E-state index in [-0.39, 0.29) is 12.6 Å². The van der Waals surface area contributed by atoms with Crippen molar-refractivity contribution in [2.75, 3.05) is 6.61 Å². The zero-order valence-corrected chi connectivity index (χ0v) is 11.5. The second kappa shape index (κ2) is 6.77. The van der Waals surface area contributed by atoms with E-state index in [1.807, 2.05) is 0 Å². The number of aliphatic hydroxyl groups is 1. The van der Waals surface area contributed by atoms with Crippen molar-refractivity contribution in [1.82, 2.24) is 5.32 Å². The molecule has 0 fully saturated rings. The first-order chi connectivity index (χ1) is 8.02. The highest BCUT2D eigenvalue weighted by atomic mass is 16.3. The Kier molecular flexibility index (Phi) is 5.66. The van der Waals surface area contributed by atoms with Crippen LogP contribution in [0.5, 0.6) is 0 Å². The molecule has 0 saturated heterocycles. The normalized spacial score (nSPS) is 13.1. The van der Waals surface area contributed by atoms with Gasteiger partial charge in [0.05, 0.1) is 6.61 Å². The number of benzene rings is 1.